The van der Waals surface area contributed by atoms with Gasteiger partial charge < -0.3 is 9.84 Å². The Kier molecular flexibility index (Phi) is 5.13. The summed E-state index contributed by atoms with van der Waals surface area (Å²) in [7, 11) is 1.34. The SMILES string of the molecule is COC(=O)c1cnc(C)nc1-c1cc(C(C)(C)C)c(O)c(C(C)(C)C)c1. The number of rotatable bonds is 2. The predicted octanol–water partition coefficient (Wildman–Crippen LogP) is 4.54. The summed E-state index contributed by atoms with van der Waals surface area (Å²) in [5.41, 5.74) is 2.67. The fourth-order valence-corrected chi connectivity index (χ4v) is 2.86. The number of hydrogen-bond donors (Lipinski definition) is 1. The van der Waals surface area contributed by atoms with Gasteiger partial charge in [0.15, 0.2) is 0 Å². The Balaban J connectivity index is 2.87. The van der Waals surface area contributed by atoms with Gasteiger partial charge in [0.25, 0.3) is 0 Å². The number of benzene rings is 1. The second kappa shape index (κ2) is 6.71. The molecule has 1 heterocycles. The zero-order valence-electron chi connectivity index (χ0n) is 16.9. The summed E-state index contributed by atoms with van der Waals surface area (Å²) >= 11 is 0. The fraction of sp³-hybridized carbons (Fsp3) is 0.476. The Labute approximate surface area is 155 Å². The molecule has 0 aliphatic heterocycles. The molecule has 0 radical (unpaired) electrons. The van der Waals surface area contributed by atoms with Gasteiger partial charge in [0, 0.05) is 22.9 Å². The van der Waals surface area contributed by atoms with Gasteiger partial charge in [-0.2, -0.15) is 0 Å². The molecule has 5 heteroatoms. The van der Waals surface area contributed by atoms with Crippen LogP contribution < -0.4 is 0 Å². The molecule has 0 saturated carbocycles. The number of esters is 1. The topological polar surface area (TPSA) is 72.3 Å². The van der Waals surface area contributed by atoms with Gasteiger partial charge in [-0.05, 0) is 29.9 Å². The number of carbonyl (C=O) groups is 1. The molecule has 2 aromatic rings. The van der Waals surface area contributed by atoms with Crippen LogP contribution in [-0.4, -0.2) is 28.2 Å². The molecule has 0 aliphatic rings. The molecule has 140 valence electrons. The Morgan fingerprint density at radius 3 is 1.96 bits per heavy atom. The molecule has 0 saturated heterocycles. The quantitative estimate of drug-likeness (QED) is 0.800. The lowest BCUT2D eigenvalue weighted by Gasteiger charge is -2.28. The minimum atomic E-state index is -0.484. The summed E-state index contributed by atoms with van der Waals surface area (Å²) in [5, 5.41) is 10.9. The predicted molar refractivity (Wildman–Crippen MR) is 103 cm³/mol. The van der Waals surface area contributed by atoms with Crippen LogP contribution in [0.3, 0.4) is 0 Å². The Morgan fingerprint density at radius 2 is 1.54 bits per heavy atom. The first kappa shape index (κ1) is 19.9. The summed E-state index contributed by atoms with van der Waals surface area (Å²) in [6, 6.07) is 3.80. The maximum absolute atomic E-state index is 12.2. The number of ether oxygens (including phenoxy) is 1. The maximum atomic E-state index is 12.2. The van der Waals surface area contributed by atoms with Crippen molar-refractivity contribution in [3.8, 4) is 17.0 Å². The normalized spacial score (nSPS) is 12.2. The average molecular weight is 356 g/mol. The van der Waals surface area contributed by atoms with Crippen molar-refractivity contribution in [2.75, 3.05) is 7.11 Å². The van der Waals surface area contributed by atoms with E-state index in [2.05, 4.69) is 9.97 Å². The van der Waals surface area contributed by atoms with Crippen molar-refractivity contribution in [3.63, 3.8) is 0 Å². The van der Waals surface area contributed by atoms with E-state index in [-0.39, 0.29) is 10.8 Å². The molecule has 0 aliphatic carbocycles. The van der Waals surface area contributed by atoms with Crippen molar-refractivity contribution in [3.05, 3.63) is 40.8 Å². The number of hydrogen-bond acceptors (Lipinski definition) is 5. The summed E-state index contributed by atoms with van der Waals surface area (Å²) < 4.78 is 4.89. The lowest BCUT2D eigenvalue weighted by molar-refractivity contribution is 0.0600. The Morgan fingerprint density at radius 1 is 1.04 bits per heavy atom. The number of phenolic OH excluding ortho intramolecular Hbond substituents is 1. The van der Waals surface area contributed by atoms with Gasteiger partial charge in [-0.25, -0.2) is 14.8 Å². The van der Waals surface area contributed by atoms with E-state index < -0.39 is 5.97 Å². The molecular formula is C21H28N2O3. The van der Waals surface area contributed by atoms with Gasteiger partial charge in [-0.1, -0.05) is 41.5 Å². The van der Waals surface area contributed by atoms with E-state index in [4.69, 9.17) is 4.74 Å². The first-order chi connectivity index (χ1) is 11.9. The number of aromatic hydroxyl groups is 1. The molecule has 5 nitrogen and oxygen atoms in total. The first-order valence-electron chi connectivity index (χ1n) is 8.66. The number of methoxy groups -OCH3 is 1. The molecule has 1 aromatic heterocycles. The minimum absolute atomic E-state index is 0.270. The van der Waals surface area contributed by atoms with E-state index in [9.17, 15) is 9.90 Å². The fourth-order valence-electron chi connectivity index (χ4n) is 2.86. The average Bonchev–Trinajstić information content (AvgIpc) is 2.52. The molecule has 1 N–H and O–H groups in total. The standard InChI is InChI=1S/C21H28N2O3/c1-12-22-11-14(19(25)26-8)17(23-12)13-9-15(20(2,3)4)18(24)16(10-13)21(5,6)7/h9-11,24H,1-8H3. The monoisotopic (exact) mass is 356 g/mol. The highest BCUT2D eigenvalue weighted by atomic mass is 16.5. The molecule has 0 bridgehead atoms. The minimum Gasteiger partial charge on any atom is -0.507 e. The zero-order chi connectivity index (χ0) is 19.9. The van der Waals surface area contributed by atoms with Crippen LogP contribution in [0.5, 0.6) is 5.75 Å². The van der Waals surface area contributed by atoms with Crippen LogP contribution in [0.15, 0.2) is 18.3 Å². The number of phenols is 1. The lowest BCUT2D eigenvalue weighted by Crippen LogP contribution is -2.18. The molecule has 0 unspecified atom stereocenters. The van der Waals surface area contributed by atoms with Crippen molar-refractivity contribution in [2.24, 2.45) is 0 Å². The molecule has 2 rings (SSSR count). The molecule has 0 atom stereocenters. The van der Waals surface area contributed by atoms with Crippen LogP contribution in [0.1, 0.15) is 68.9 Å². The van der Waals surface area contributed by atoms with E-state index >= 15 is 0 Å². The summed E-state index contributed by atoms with van der Waals surface area (Å²) in [6.07, 6.45) is 1.49. The van der Waals surface area contributed by atoms with E-state index in [0.29, 0.717) is 22.8 Å². The first-order valence-corrected chi connectivity index (χ1v) is 8.66. The summed E-state index contributed by atoms with van der Waals surface area (Å²) in [6.45, 7) is 14.1. The number of carbonyl (C=O) groups excluding carboxylic acids is 1. The molecule has 26 heavy (non-hydrogen) atoms. The molecule has 0 amide bonds. The third-order valence-electron chi connectivity index (χ3n) is 4.31. The van der Waals surface area contributed by atoms with Crippen LogP contribution in [0.25, 0.3) is 11.3 Å². The van der Waals surface area contributed by atoms with Gasteiger partial charge in [-0.15, -0.1) is 0 Å². The molecule has 0 spiro atoms. The van der Waals surface area contributed by atoms with E-state index in [1.807, 2.05) is 53.7 Å². The lowest BCUT2D eigenvalue weighted by atomic mass is 9.78. The summed E-state index contributed by atoms with van der Waals surface area (Å²) in [5.74, 6) is 0.372. The maximum Gasteiger partial charge on any atom is 0.341 e. The highest BCUT2D eigenvalue weighted by molar-refractivity contribution is 5.96. The van der Waals surface area contributed by atoms with Gasteiger partial charge in [-0.3, -0.25) is 0 Å². The Hall–Kier alpha value is -2.43. The Bertz CT molecular complexity index is 808. The smallest absolute Gasteiger partial charge is 0.341 e. The largest absolute Gasteiger partial charge is 0.507 e. The van der Waals surface area contributed by atoms with Crippen molar-refractivity contribution in [1.29, 1.82) is 0 Å². The number of aryl methyl sites for hydroxylation is 1. The van der Waals surface area contributed by atoms with Crippen molar-refractivity contribution in [1.82, 2.24) is 9.97 Å². The van der Waals surface area contributed by atoms with Crippen molar-refractivity contribution in [2.45, 2.75) is 59.3 Å². The highest BCUT2D eigenvalue weighted by Gasteiger charge is 2.28. The second-order valence-electron chi connectivity index (χ2n) is 8.59. The van der Waals surface area contributed by atoms with E-state index in [0.717, 1.165) is 16.7 Å². The van der Waals surface area contributed by atoms with Crippen molar-refractivity contribution >= 4 is 5.97 Å². The second-order valence-corrected chi connectivity index (χ2v) is 8.59. The van der Waals surface area contributed by atoms with Gasteiger partial charge in [0.05, 0.1) is 12.8 Å². The third kappa shape index (κ3) is 3.87. The number of nitrogens with zero attached hydrogens (tertiary/aromatic N) is 2. The van der Waals surface area contributed by atoms with E-state index in [1.165, 1.54) is 13.3 Å². The van der Waals surface area contributed by atoms with Crippen LogP contribution in [0.2, 0.25) is 0 Å². The van der Waals surface area contributed by atoms with Crippen LogP contribution in [-0.2, 0) is 15.6 Å². The molecule has 0 fully saturated rings. The van der Waals surface area contributed by atoms with Crippen LogP contribution >= 0.6 is 0 Å². The number of aromatic nitrogens is 2. The van der Waals surface area contributed by atoms with Gasteiger partial charge >= 0.3 is 5.97 Å². The zero-order valence-corrected chi connectivity index (χ0v) is 16.9. The molecular weight excluding hydrogens is 328 g/mol. The van der Waals surface area contributed by atoms with Gasteiger partial charge in [0.2, 0.25) is 0 Å². The van der Waals surface area contributed by atoms with Crippen LogP contribution in [0, 0.1) is 6.92 Å². The third-order valence-corrected chi connectivity index (χ3v) is 4.31. The molecule has 1 aromatic carbocycles. The van der Waals surface area contributed by atoms with Crippen molar-refractivity contribution < 1.29 is 14.6 Å². The van der Waals surface area contributed by atoms with Crippen LogP contribution in [0.4, 0.5) is 0 Å². The van der Waals surface area contributed by atoms with E-state index in [1.54, 1.807) is 6.92 Å². The van der Waals surface area contributed by atoms with Gasteiger partial charge in [0.1, 0.15) is 17.1 Å². The summed E-state index contributed by atoms with van der Waals surface area (Å²) in [4.78, 5) is 20.8. The highest BCUT2D eigenvalue weighted by Crippen LogP contribution is 2.42.